The zero-order valence-corrected chi connectivity index (χ0v) is 14.4. The maximum absolute atomic E-state index is 12.5. The van der Waals surface area contributed by atoms with Gasteiger partial charge in [-0.3, -0.25) is 14.5 Å². The zero-order valence-electron chi connectivity index (χ0n) is 13.6. The largest absolute Gasteiger partial charge is 0.358 e. The van der Waals surface area contributed by atoms with E-state index in [0.717, 1.165) is 11.1 Å². The number of hydrogen-bond acceptors (Lipinski definition) is 4. The number of nitrogens with zero attached hydrogens (tertiary/aromatic N) is 2. The van der Waals surface area contributed by atoms with Crippen molar-refractivity contribution < 1.29 is 9.59 Å². The van der Waals surface area contributed by atoms with Gasteiger partial charge in [0.05, 0.1) is 6.54 Å². The van der Waals surface area contributed by atoms with Crippen LogP contribution in [0, 0.1) is 6.92 Å². The molecule has 1 aromatic rings. The van der Waals surface area contributed by atoms with Crippen LogP contribution < -0.4 is 11.1 Å². The van der Waals surface area contributed by atoms with E-state index in [1.165, 1.54) is 0 Å². The molecule has 0 radical (unpaired) electrons. The average molecular weight is 341 g/mol. The lowest BCUT2D eigenvalue weighted by Crippen LogP contribution is -2.52. The molecule has 3 N–H and O–H groups in total. The molecule has 0 aliphatic carbocycles. The summed E-state index contributed by atoms with van der Waals surface area (Å²) in [5, 5.41) is 2.61. The second-order valence-corrected chi connectivity index (χ2v) is 5.66. The van der Waals surface area contributed by atoms with Crippen molar-refractivity contribution in [3.05, 3.63) is 35.4 Å². The highest BCUT2D eigenvalue weighted by molar-refractivity contribution is 5.85. The van der Waals surface area contributed by atoms with Gasteiger partial charge in [-0.25, -0.2) is 0 Å². The number of nitrogens with one attached hydrogen (secondary N) is 1. The number of benzene rings is 1. The van der Waals surface area contributed by atoms with E-state index in [9.17, 15) is 9.59 Å². The quantitative estimate of drug-likeness (QED) is 0.826. The third-order valence-electron chi connectivity index (χ3n) is 4.03. The molecule has 23 heavy (non-hydrogen) atoms. The average Bonchev–Trinajstić information content (AvgIpc) is 2.55. The monoisotopic (exact) mass is 340 g/mol. The van der Waals surface area contributed by atoms with E-state index in [4.69, 9.17) is 5.73 Å². The van der Waals surface area contributed by atoms with Gasteiger partial charge in [0.25, 0.3) is 0 Å². The van der Waals surface area contributed by atoms with Crippen LogP contribution in [-0.2, 0) is 9.59 Å². The van der Waals surface area contributed by atoms with Crippen LogP contribution in [0.15, 0.2) is 24.3 Å². The summed E-state index contributed by atoms with van der Waals surface area (Å²) in [7, 11) is 1.63. The Kier molecular flexibility index (Phi) is 7.48. The van der Waals surface area contributed by atoms with Crippen molar-refractivity contribution in [1.82, 2.24) is 15.1 Å². The van der Waals surface area contributed by atoms with Gasteiger partial charge in [0, 0.05) is 33.2 Å². The van der Waals surface area contributed by atoms with Crippen molar-refractivity contribution in [2.24, 2.45) is 5.73 Å². The molecule has 1 atom stereocenters. The fraction of sp³-hybridized carbons (Fsp3) is 0.500. The molecule has 1 fully saturated rings. The minimum absolute atomic E-state index is 0. The van der Waals surface area contributed by atoms with Gasteiger partial charge < -0.3 is 16.0 Å². The van der Waals surface area contributed by atoms with Crippen LogP contribution in [0.4, 0.5) is 0 Å². The lowest BCUT2D eigenvalue weighted by molar-refractivity contribution is -0.134. The summed E-state index contributed by atoms with van der Waals surface area (Å²) in [6.07, 6.45) is 0. The van der Waals surface area contributed by atoms with Crippen molar-refractivity contribution in [3.63, 3.8) is 0 Å². The van der Waals surface area contributed by atoms with Gasteiger partial charge >= 0.3 is 0 Å². The number of halogens is 1. The molecule has 1 aromatic carbocycles. The minimum Gasteiger partial charge on any atom is -0.358 e. The molecule has 0 saturated carbocycles. The molecule has 6 nitrogen and oxygen atoms in total. The van der Waals surface area contributed by atoms with Gasteiger partial charge in [0.1, 0.15) is 6.04 Å². The molecule has 1 unspecified atom stereocenters. The third kappa shape index (κ3) is 5.20. The lowest BCUT2D eigenvalue weighted by Gasteiger charge is -2.35. The third-order valence-corrected chi connectivity index (χ3v) is 4.03. The number of piperazine rings is 1. The Balaban J connectivity index is 0.00000264. The lowest BCUT2D eigenvalue weighted by atomic mass is 10.0. The molecule has 2 rings (SSSR count). The number of nitrogens with two attached hydrogens (primary N) is 1. The first-order valence-corrected chi connectivity index (χ1v) is 7.55. The number of rotatable bonds is 4. The highest BCUT2D eigenvalue weighted by Crippen LogP contribution is 2.15. The highest BCUT2D eigenvalue weighted by Gasteiger charge is 2.26. The Morgan fingerprint density at radius 1 is 1.17 bits per heavy atom. The maximum Gasteiger partial charge on any atom is 0.244 e. The molecule has 0 spiro atoms. The number of hydrogen-bond donors (Lipinski definition) is 2. The topological polar surface area (TPSA) is 78.7 Å². The molecule has 1 aliphatic heterocycles. The summed E-state index contributed by atoms with van der Waals surface area (Å²) in [6, 6.07) is 7.11. The number of carbonyl (C=O) groups is 2. The van der Waals surface area contributed by atoms with E-state index in [-0.39, 0.29) is 24.2 Å². The van der Waals surface area contributed by atoms with E-state index in [1.807, 2.05) is 36.1 Å². The van der Waals surface area contributed by atoms with Crippen LogP contribution >= 0.6 is 12.4 Å². The fourth-order valence-corrected chi connectivity index (χ4v) is 2.52. The molecular formula is C16H25ClN4O2. The van der Waals surface area contributed by atoms with Crippen molar-refractivity contribution >= 4 is 24.2 Å². The van der Waals surface area contributed by atoms with Crippen LogP contribution in [0.5, 0.6) is 0 Å². The summed E-state index contributed by atoms with van der Waals surface area (Å²) in [5.74, 6) is -0.0559. The van der Waals surface area contributed by atoms with Crippen LogP contribution in [-0.4, -0.2) is 61.4 Å². The normalized spacial score (nSPS) is 16.4. The van der Waals surface area contributed by atoms with E-state index in [2.05, 4.69) is 5.32 Å². The van der Waals surface area contributed by atoms with Gasteiger partial charge in [0.2, 0.25) is 11.8 Å². The predicted octanol–water partition coefficient (Wildman–Crippen LogP) is 0.307. The van der Waals surface area contributed by atoms with Gasteiger partial charge in [-0.1, -0.05) is 29.8 Å². The molecule has 1 saturated heterocycles. The van der Waals surface area contributed by atoms with Gasteiger partial charge in [-0.15, -0.1) is 12.4 Å². The molecule has 128 valence electrons. The van der Waals surface area contributed by atoms with Gasteiger partial charge in [0.15, 0.2) is 0 Å². The van der Waals surface area contributed by atoms with Crippen molar-refractivity contribution in [1.29, 1.82) is 0 Å². The molecule has 1 heterocycles. The number of aryl methyl sites for hydroxylation is 1. The van der Waals surface area contributed by atoms with E-state index >= 15 is 0 Å². The first-order valence-electron chi connectivity index (χ1n) is 7.55. The van der Waals surface area contributed by atoms with Gasteiger partial charge in [-0.05, 0) is 12.5 Å². The Morgan fingerprint density at radius 3 is 2.26 bits per heavy atom. The first-order chi connectivity index (χ1) is 10.5. The van der Waals surface area contributed by atoms with Crippen LogP contribution in [0.25, 0.3) is 0 Å². The maximum atomic E-state index is 12.5. The number of carbonyl (C=O) groups excluding carboxylic acids is 2. The molecule has 1 aliphatic rings. The van der Waals surface area contributed by atoms with Crippen LogP contribution in [0.1, 0.15) is 17.2 Å². The second-order valence-electron chi connectivity index (χ2n) is 5.66. The Labute approximate surface area is 143 Å². The molecule has 2 amide bonds. The van der Waals surface area contributed by atoms with E-state index in [0.29, 0.717) is 32.7 Å². The summed E-state index contributed by atoms with van der Waals surface area (Å²) in [4.78, 5) is 27.7. The first kappa shape index (κ1) is 19.4. The SMILES string of the molecule is CNC(=O)CN1CCN(C(=O)C(N)c2ccc(C)cc2)CC1.Cl. The standard InChI is InChI=1S/C16H24N4O2.ClH/c1-12-3-5-13(6-4-12)15(17)16(22)20-9-7-19(8-10-20)11-14(21)18-2;/h3-6,15H,7-11,17H2,1-2H3,(H,18,21);1H. The van der Waals surface area contributed by atoms with E-state index in [1.54, 1.807) is 11.9 Å². The Bertz CT molecular complexity index is 527. The summed E-state index contributed by atoms with van der Waals surface area (Å²) < 4.78 is 0. The molecule has 7 heteroatoms. The smallest absolute Gasteiger partial charge is 0.244 e. The van der Waals surface area contributed by atoms with Crippen LogP contribution in [0.2, 0.25) is 0 Å². The minimum atomic E-state index is -0.619. The molecule has 0 aromatic heterocycles. The van der Waals surface area contributed by atoms with E-state index < -0.39 is 6.04 Å². The Morgan fingerprint density at radius 2 is 1.74 bits per heavy atom. The molecule has 0 bridgehead atoms. The van der Waals surface area contributed by atoms with Crippen molar-refractivity contribution in [2.75, 3.05) is 39.8 Å². The zero-order chi connectivity index (χ0) is 16.1. The second kappa shape index (κ2) is 8.86. The van der Waals surface area contributed by atoms with Crippen molar-refractivity contribution in [2.45, 2.75) is 13.0 Å². The summed E-state index contributed by atoms with van der Waals surface area (Å²) in [5.41, 5.74) is 8.07. The highest BCUT2D eigenvalue weighted by atomic mass is 35.5. The van der Waals surface area contributed by atoms with Gasteiger partial charge in [-0.2, -0.15) is 0 Å². The number of amides is 2. The van der Waals surface area contributed by atoms with Crippen molar-refractivity contribution in [3.8, 4) is 0 Å². The molecular weight excluding hydrogens is 316 g/mol. The fourth-order valence-electron chi connectivity index (χ4n) is 2.52. The van der Waals surface area contributed by atoms with Crippen LogP contribution in [0.3, 0.4) is 0 Å². The number of likely N-dealkylation sites (N-methyl/N-ethyl adjacent to an activating group) is 1. The summed E-state index contributed by atoms with van der Waals surface area (Å²) in [6.45, 7) is 4.98. The predicted molar refractivity (Wildman–Crippen MR) is 92.4 cm³/mol. The summed E-state index contributed by atoms with van der Waals surface area (Å²) >= 11 is 0. The Hall–Kier alpha value is -1.63.